The second-order valence-electron chi connectivity index (χ2n) is 7.44. The van der Waals surface area contributed by atoms with Crippen molar-refractivity contribution in [1.82, 2.24) is 4.98 Å². The van der Waals surface area contributed by atoms with Crippen molar-refractivity contribution in [1.29, 1.82) is 0 Å². The van der Waals surface area contributed by atoms with Gasteiger partial charge in [-0.1, -0.05) is 26.8 Å². The van der Waals surface area contributed by atoms with Crippen LogP contribution in [0.3, 0.4) is 0 Å². The van der Waals surface area contributed by atoms with E-state index in [1.807, 2.05) is 11.8 Å². The Labute approximate surface area is 163 Å². The van der Waals surface area contributed by atoms with Crippen LogP contribution in [0.4, 0.5) is 11.4 Å². The first-order valence-electron chi connectivity index (χ1n) is 9.04. The molecule has 7 nitrogen and oxygen atoms in total. The smallest absolute Gasteiger partial charge is 0.333 e. The van der Waals surface area contributed by atoms with Gasteiger partial charge in [0.1, 0.15) is 16.8 Å². The molecule has 1 aliphatic rings. The maximum Gasteiger partial charge on any atom is 0.333 e. The van der Waals surface area contributed by atoms with E-state index < -0.39 is 0 Å². The standard InChI is InChI=1S/C19H25N3O4S/c1-5-25-14-8-6-7-13(17(14)22(23)24)21-9-10-26-15(11-21)18-20-16(12-27-18)19(2,3)4/h6-8,12,15H,5,9-11H2,1-4H3. The van der Waals surface area contributed by atoms with Gasteiger partial charge >= 0.3 is 5.69 Å². The lowest BCUT2D eigenvalue weighted by Crippen LogP contribution is -2.38. The molecule has 0 saturated carbocycles. The number of nitro benzene ring substituents is 1. The molecule has 0 aliphatic carbocycles. The minimum Gasteiger partial charge on any atom is -0.487 e. The molecule has 1 atom stereocenters. The van der Waals surface area contributed by atoms with Crippen molar-refractivity contribution in [2.24, 2.45) is 0 Å². The van der Waals surface area contributed by atoms with Crippen LogP contribution >= 0.6 is 11.3 Å². The molecule has 0 amide bonds. The monoisotopic (exact) mass is 391 g/mol. The summed E-state index contributed by atoms with van der Waals surface area (Å²) < 4.78 is 11.4. The van der Waals surface area contributed by atoms with Gasteiger partial charge in [-0.15, -0.1) is 11.3 Å². The summed E-state index contributed by atoms with van der Waals surface area (Å²) in [6.45, 7) is 10.2. The lowest BCUT2D eigenvalue weighted by Gasteiger charge is -2.33. The summed E-state index contributed by atoms with van der Waals surface area (Å²) in [5.41, 5.74) is 1.59. The second kappa shape index (κ2) is 7.82. The van der Waals surface area contributed by atoms with Gasteiger partial charge in [0, 0.05) is 17.3 Å². The molecule has 2 heterocycles. The Bertz CT molecular complexity index is 816. The third-order valence-corrected chi connectivity index (χ3v) is 5.37. The zero-order valence-corrected chi connectivity index (χ0v) is 16.9. The molecule has 1 fully saturated rings. The SMILES string of the molecule is CCOc1cccc(N2CCOC(c3nc(C(C)(C)C)cs3)C2)c1[N+](=O)[O-]. The first kappa shape index (κ1) is 19.6. The minimum absolute atomic E-state index is 0.00881. The fourth-order valence-corrected chi connectivity index (χ4v) is 4.10. The maximum absolute atomic E-state index is 11.7. The summed E-state index contributed by atoms with van der Waals surface area (Å²) in [7, 11) is 0. The van der Waals surface area contributed by atoms with Gasteiger partial charge in [-0.25, -0.2) is 4.98 Å². The topological polar surface area (TPSA) is 77.7 Å². The highest BCUT2D eigenvalue weighted by atomic mass is 32.1. The highest BCUT2D eigenvalue weighted by molar-refractivity contribution is 7.09. The average molecular weight is 391 g/mol. The number of anilines is 1. The largest absolute Gasteiger partial charge is 0.487 e. The third kappa shape index (κ3) is 4.22. The molecule has 146 valence electrons. The predicted molar refractivity (Wildman–Crippen MR) is 106 cm³/mol. The number of benzene rings is 1. The number of hydrogen-bond donors (Lipinski definition) is 0. The van der Waals surface area contributed by atoms with Crippen LogP contribution in [0.15, 0.2) is 23.6 Å². The Kier molecular flexibility index (Phi) is 5.67. The molecule has 1 aromatic carbocycles. The minimum atomic E-state index is -0.369. The fraction of sp³-hybridized carbons (Fsp3) is 0.526. The summed E-state index contributed by atoms with van der Waals surface area (Å²) >= 11 is 1.58. The molecule has 1 unspecified atom stereocenters. The molecule has 0 bridgehead atoms. The Morgan fingerprint density at radius 1 is 1.44 bits per heavy atom. The van der Waals surface area contributed by atoms with E-state index in [1.165, 1.54) is 0 Å². The first-order valence-corrected chi connectivity index (χ1v) is 9.92. The molecular formula is C19H25N3O4S. The van der Waals surface area contributed by atoms with Crippen LogP contribution in [0.25, 0.3) is 0 Å². The van der Waals surface area contributed by atoms with Crippen molar-refractivity contribution >= 4 is 22.7 Å². The number of ether oxygens (including phenoxy) is 2. The molecule has 8 heteroatoms. The number of aromatic nitrogens is 1. The lowest BCUT2D eigenvalue weighted by molar-refractivity contribution is -0.385. The zero-order valence-electron chi connectivity index (χ0n) is 16.1. The number of para-hydroxylation sites is 1. The van der Waals surface area contributed by atoms with E-state index in [2.05, 4.69) is 26.2 Å². The third-order valence-electron chi connectivity index (χ3n) is 4.43. The molecule has 2 aromatic rings. The van der Waals surface area contributed by atoms with Crippen LogP contribution in [0.2, 0.25) is 0 Å². The van der Waals surface area contributed by atoms with Gasteiger partial charge in [-0.05, 0) is 19.1 Å². The molecule has 27 heavy (non-hydrogen) atoms. The van der Waals surface area contributed by atoms with Crippen molar-refractivity contribution < 1.29 is 14.4 Å². The predicted octanol–water partition coefficient (Wildman–Crippen LogP) is 4.33. The lowest BCUT2D eigenvalue weighted by atomic mass is 9.93. The molecule has 0 spiro atoms. The van der Waals surface area contributed by atoms with E-state index in [4.69, 9.17) is 14.5 Å². The summed E-state index contributed by atoms with van der Waals surface area (Å²) in [6.07, 6.45) is -0.199. The van der Waals surface area contributed by atoms with E-state index in [1.54, 1.807) is 29.5 Å². The highest BCUT2D eigenvalue weighted by Crippen LogP contribution is 2.39. The summed E-state index contributed by atoms with van der Waals surface area (Å²) in [4.78, 5) is 18.1. The van der Waals surface area contributed by atoms with Gasteiger partial charge in [0.05, 0.1) is 30.4 Å². The molecule has 0 radical (unpaired) electrons. The Balaban J connectivity index is 1.87. The summed E-state index contributed by atoms with van der Waals surface area (Å²) in [6, 6.07) is 5.20. The first-order chi connectivity index (χ1) is 12.8. The highest BCUT2D eigenvalue weighted by Gasteiger charge is 2.31. The van der Waals surface area contributed by atoms with E-state index in [0.717, 1.165) is 10.7 Å². The maximum atomic E-state index is 11.7. The van der Waals surface area contributed by atoms with Gasteiger partial charge < -0.3 is 14.4 Å². The molecule has 1 saturated heterocycles. The van der Waals surface area contributed by atoms with Crippen molar-refractivity contribution in [2.45, 2.75) is 39.2 Å². The van der Waals surface area contributed by atoms with E-state index in [-0.39, 0.29) is 22.1 Å². The Morgan fingerprint density at radius 3 is 2.85 bits per heavy atom. The van der Waals surface area contributed by atoms with Gasteiger partial charge in [-0.3, -0.25) is 10.1 Å². The zero-order chi connectivity index (χ0) is 19.6. The van der Waals surface area contributed by atoms with Crippen molar-refractivity contribution in [2.75, 3.05) is 31.2 Å². The Morgan fingerprint density at radius 2 is 2.22 bits per heavy atom. The quantitative estimate of drug-likeness (QED) is 0.558. The molecular weight excluding hydrogens is 366 g/mol. The number of morpholine rings is 1. The van der Waals surface area contributed by atoms with Gasteiger partial charge in [0.15, 0.2) is 5.75 Å². The Hall–Kier alpha value is -2.19. The van der Waals surface area contributed by atoms with Crippen LogP contribution in [0.5, 0.6) is 5.75 Å². The van der Waals surface area contributed by atoms with E-state index in [0.29, 0.717) is 37.7 Å². The molecule has 1 aromatic heterocycles. The fourth-order valence-electron chi connectivity index (χ4n) is 3.02. The molecule has 1 aliphatic heterocycles. The van der Waals surface area contributed by atoms with Crippen LogP contribution in [0.1, 0.15) is 44.5 Å². The average Bonchev–Trinajstić information content (AvgIpc) is 3.12. The number of thiazole rings is 1. The number of nitrogens with zero attached hydrogens (tertiary/aromatic N) is 3. The van der Waals surface area contributed by atoms with Crippen molar-refractivity contribution in [3.05, 3.63) is 44.4 Å². The van der Waals surface area contributed by atoms with Crippen LogP contribution in [-0.2, 0) is 10.2 Å². The number of hydrogen-bond acceptors (Lipinski definition) is 7. The van der Waals surface area contributed by atoms with Crippen LogP contribution < -0.4 is 9.64 Å². The van der Waals surface area contributed by atoms with Gasteiger partial charge in [-0.2, -0.15) is 0 Å². The van der Waals surface area contributed by atoms with Crippen LogP contribution in [-0.4, -0.2) is 36.2 Å². The number of nitro groups is 1. The summed E-state index contributed by atoms with van der Waals surface area (Å²) in [5, 5.41) is 14.7. The van der Waals surface area contributed by atoms with E-state index >= 15 is 0 Å². The van der Waals surface area contributed by atoms with Crippen molar-refractivity contribution in [3.8, 4) is 5.75 Å². The molecule has 0 N–H and O–H groups in total. The van der Waals surface area contributed by atoms with Crippen LogP contribution in [0, 0.1) is 10.1 Å². The molecule has 3 rings (SSSR count). The van der Waals surface area contributed by atoms with Crippen molar-refractivity contribution in [3.63, 3.8) is 0 Å². The second-order valence-corrected chi connectivity index (χ2v) is 8.33. The normalized spacial score (nSPS) is 17.8. The number of rotatable bonds is 5. The van der Waals surface area contributed by atoms with E-state index in [9.17, 15) is 10.1 Å². The summed E-state index contributed by atoms with van der Waals surface area (Å²) in [5.74, 6) is 0.298. The van der Waals surface area contributed by atoms with Gasteiger partial charge in [0.25, 0.3) is 0 Å². The van der Waals surface area contributed by atoms with Gasteiger partial charge in [0.2, 0.25) is 0 Å².